The molecule has 0 aliphatic heterocycles. The lowest BCUT2D eigenvalue weighted by atomic mass is 9.95. The molecule has 2 N–H and O–H groups in total. The third-order valence-corrected chi connectivity index (χ3v) is 3.54. The molecule has 0 aliphatic carbocycles. The number of nitrogens with one attached hydrogen (secondary N) is 1. The Hall–Kier alpha value is -2.29. The second-order valence-corrected chi connectivity index (χ2v) is 5.47. The number of alkyl halides is 3. The molecular formula is C15H17F3N2O4. The van der Waals surface area contributed by atoms with Crippen LogP contribution in [-0.2, 0) is 16.9 Å². The summed E-state index contributed by atoms with van der Waals surface area (Å²) in [7, 11) is 0. The SMILES string of the molecule is Cc1ccc(C(O)(CC(=O)NCc2nc(C)c(C)o2)C(F)(F)F)o1. The van der Waals surface area contributed by atoms with E-state index >= 15 is 0 Å². The molecule has 2 rings (SSSR count). The molecule has 9 heteroatoms. The third-order valence-electron chi connectivity index (χ3n) is 3.54. The summed E-state index contributed by atoms with van der Waals surface area (Å²) in [6, 6.07) is 2.28. The van der Waals surface area contributed by atoms with Crippen LogP contribution in [0.4, 0.5) is 13.2 Å². The number of aliphatic hydroxyl groups is 1. The van der Waals surface area contributed by atoms with Crippen LogP contribution in [0.25, 0.3) is 0 Å². The lowest BCUT2D eigenvalue weighted by molar-refractivity contribution is -0.273. The zero-order chi connectivity index (χ0) is 18.1. The maximum absolute atomic E-state index is 13.3. The number of nitrogens with zero attached hydrogens (tertiary/aromatic N) is 1. The van der Waals surface area contributed by atoms with Gasteiger partial charge in [0, 0.05) is 0 Å². The first-order valence-electron chi connectivity index (χ1n) is 7.08. The number of aromatic nitrogens is 1. The smallest absolute Gasteiger partial charge is 0.425 e. The van der Waals surface area contributed by atoms with E-state index in [4.69, 9.17) is 8.83 Å². The number of hydrogen-bond acceptors (Lipinski definition) is 5. The summed E-state index contributed by atoms with van der Waals surface area (Å²) in [6.07, 6.45) is -6.31. The molecule has 0 saturated carbocycles. The minimum absolute atomic E-state index is 0.169. The average Bonchev–Trinajstić information content (AvgIpc) is 3.02. The highest BCUT2D eigenvalue weighted by molar-refractivity contribution is 5.77. The first-order chi connectivity index (χ1) is 11.0. The van der Waals surface area contributed by atoms with Crippen molar-refractivity contribution < 1.29 is 31.9 Å². The average molecular weight is 346 g/mol. The maximum atomic E-state index is 13.3. The molecule has 0 radical (unpaired) electrons. The highest BCUT2D eigenvalue weighted by atomic mass is 19.4. The molecule has 0 fully saturated rings. The fourth-order valence-corrected chi connectivity index (χ4v) is 2.07. The van der Waals surface area contributed by atoms with Gasteiger partial charge in [-0.05, 0) is 32.9 Å². The van der Waals surface area contributed by atoms with Gasteiger partial charge in [-0.15, -0.1) is 0 Å². The van der Waals surface area contributed by atoms with Crippen molar-refractivity contribution in [2.75, 3.05) is 0 Å². The first-order valence-corrected chi connectivity index (χ1v) is 7.08. The number of aryl methyl sites for hydroxylation is 3. The Morgan fingerprint density at radius 3 is 2.38 bits per heavy atom. The lowest BCUT2D eigenvalue weighted by Gasteiger charge is -2.27. The van der Waals surface area contributed by atoms with Crippen molar-refractivity contribution in [2.24, 2.45) is 0 Å². The molecule has 0 aromatic carbocycles. The molecule has 0 spiro atoms. The standard InChI is InChI=1S/C15H17F3N2O4/c1-8-4-5-11(23-8)14(22,15(16,17)18)6-12(21)19-7-13-20-9(2)10(3)24-13/h4-5,22H,6-7H2,1-3H3,(H,19,21). The van der Waals surface area contributed by atoms with E-state index in [0.29, 0.717) is 11.5 Å². The van der Waals surface area contributed by atoms with E-state index in [-0.39, 0.29) is 18.2 Å². The molecule has 2 aromatic heterocycles. The van der Waals surface area contributed by atoms with Gasteiger partial charge < -0.3 is 19.3 Å². The summed E-state index contributed by atoms with van der Waals surface area (Å²) < 4.78 is 49.9. The van der Waals surface area contributed by atoms with Gasteiger partial charge in [0.15, 0.2) is 0 Å². The Kier molecular flexibility index (Phi) is 4.75. The van der Waals surface area contributed by atoms with Gasteiger partial charge in [0.2, 0.25) is 17.4 Å². The van der Waals surface area contributed by atoms with E-state index in [0.717, 1.165) is 6.07 Å². The largest absolute Gasteiger partial charge is 0.463 e. The van der Waals surface area contributed by atoms with Crippen molar-refractivity contribution in [3.8, 4) is 0 Å². The zero-order valence-electron chi connectivity index (χ0n) is 13.3. The molecule has 132 valence electrons. The van der Waals surface area contributed by atoms with Gasteiger partial charge in [-0.1, -0.05) is 0 Å². The number of furan rings is 1. The van der Waals surface area contributed by atoms with E-state index in [1.165, 1.54) is 13.0 Å². The Morgan fingerprint density at radius 2 is 1.92 bits per heavy atom. The van der Waals surface area contributed by atoms with E-state index < -0.39 is 29.9 Å². The summed E-state index contributed by atoms with van der Waals surface area (Å²) in [5.41, 5.74) is -2.79. The van der Waals surface area contributed by atoms with Gasteiger partial charge in [0.05, 0.1) is 18.7 Å². The van der Waals surface area contributed by atoms with Crippen LogP contribution in [0.2, 0.25) is 0 Å². The topological polar surface area (TPSA) is 88.5 Å². The van der Waals surface area contributed by atoms with Crippen LogP contribution in [0, 0.1) is 20.8 Å². The van der Waals surface area contributed by atoms with Crippen molar-refractivity contribution >= 4 is 5.91 Å². The second kappa shape index (κ2) is 6.31. The molecule has 0 bridgehead atoms. The predicted octanol–water partition coefficient (Wildman–Crippen LogP) is 2.65. The van der Waals surface area contributed by atoms with Gasteiger partial charge >= 0.3 is 6.18 Å². The number of halogens is 3. The highest BCUT2D eigenvalue weighted by Crippen LogP contribution is 2.42. The molecule has 24 heavy (non-hydrogen) atoms. The lowest BCUT2D eigenvalue weighted by Crippen LogP contribution is -2.46. The number of oxazole rings is 1. The molecule has 0 saturated heterocycles. The van der Waals surface area contributed by atoms with Crippen LogP contribution < -0.4 is 5.32 Å². The summed E-state index contributed by atoms with van der Waals surface area (Å²) in [4.78, 5) is 15.9. The Bertz CT molecular complexity index is 716. The molecule has 2 aromatic rings. The molecule has 1 atom stereocenters. The summed E-state index contributed by atoms with van der Waals surface area (Å²) in [5.74, 6) is -0.832. The summed E-state index contributed by atoms with van der Waals surface area (Å²) in [6.45, 7) is 4.63. The van der Waals surface area contributed by atoms with E-state index in [1.54, 1.807) is 13.8 Å². The Labute approximate surface area is 135 Å². The quantitative estimate of drug-likeness (QED) is 0.869. The monoisotopic (exact) mass is 346 g/mol. The molecule has 1 unspecified atom stereocenters. The normalized spacial score (nSPS) is 14.5. The number of carbonyl (C=O) groups is 1. The number of hydrogen-bond donors (Lipinski definition) is 2. The summed E-state index contributed by atoms with van der Waals surface area (Å²) in [5, 5.41) is 12.3. The molecule has 6 nitrogen and oxygen atoms in total. The van der Waals surface area contributed by atoms with Gasteiger partial charge in [0.1, 0.15) is 17.3 Å². The van der Waals surface area contributed by atoms with Crippen LogP contribution >= 0.6 is 0 Å². The highest BCUT2D eigenvalue weighted by Gasteiger charge is 2.58. The zero-order valence-corrected chi connectivity index (χ0v) is 13.3. The second-order valence-electron chi connectivity index (χ2n) is 5.47. The van der Waals surface area contributed by atoms with Crippen molar-refractivity contribution in [1.82, 2.24) is 10.3 Å². The number of carbonyl (C=O) groups excluding carboxylic acids is 1. The number of amides is 1. The van der Waals surface area contributed by atoms with Crippen LogP contribution in [0.5, 0.6) is 0 Å². The third kappa shape index (κ3) is 3.61. The van der Waals surface area contributed by atoms with Crippen molar-refractivity contribution in [1.29, 1.82) is 0 Å². The van der Waals surface area contributed by atoms with E-state index in [2.05, 4.69) is 10.3 Å². The molecule has 0 aliphatic rings. The van der Waals surface area contributed by atoms with Crippen LogP contribution in [0.3, 0.4) is 0 Å². The predicted molar refractivity (Wildman–Crippen MR) is 75.8 cm³/mol. The maximum Gasteiger partial charge on any atom is 0.425 e. The van der Waals surface area contributed by atoms with Crippen LogP contribution in [-0.4, -0.2) is 22.2 Å². The van der Waals surface area contributed by atoms with Crippen LogP contribution in [0.1, 0.15) is 35.3 Å². The van der Waals surface area contributed by atoms with Crippen LogP contribution in [0.15, 0.2) is 21.0 Å². The minimum atomic E-state index is -5.08. The van der Waals surface area contributed by atoms with Gasteiger partial charge in [-0.25, -0.2) is 4.98 Å². The summed E-state index contributed by atoms with van der Waals surface area (Å²) >= 11 is 0. The Balaban J connectivity index is 2.10. The van der Waals surface area contributed by atoms with E-state index in [1.807, 2.05) is 0 Å². The Morgan fingerprint density at radius 1 is 1.25 bits per heavy atom. The van der Waals surface area contributed by atoms with Crippen molar-refractivity contribution in [2.45, 2.75) is 45.5 Å². The van der Waals surface area contributed by atoms with Crippen molar-refractivity contribution in [3.63, 3.8) is 0 Å². The minimum Gasteiger partial charge on any atom is -0.463 e. The number of rotatable bonds is 5. The fourth-order valence-electron chi connectivity index (χ4n) is 2.07. The molecule has 2 heterocycles. The molecular weight excluding hydrogens is 329 g/mol. The van der Waals surface area contributed by atoms with Gasteiger partial charge in [-0.2, -0.15) is 13.2 Å². The van der Waals surface area contributed by atoms with E-state index in [9.17, 15) is 23.1 Å². The van der Waals surface area contributed by atoms with Gasteiger partial charge in [0.25, 0.3) is 0 Å². The van der Waals surface area contributed by atoms with Crippen molar-refractivity contribution in [3.05, 3.63) is 41.0 Å². The first kappa shape index (κ1) is 18.1. The molecule has 1 amide bonds. The van der Waals surface area contributed by atoms with Gasteiger partial charge in [-0.3, -0.25) is 4.79 Å². The fraction of sp³-hybridized carbons (Fsp3) is 0.467.